The van der Waals surface area contributed by atoms with Crippen LogP contribution in [0.2, 0.25) is 0 Å². The number of nitrogens with two attached hydrogens (primary N) is 1. The normalized spacial score (nSPS) is 16.7. The van der Waals surface area contributed by atoms with E-state index in [-0.39, 0.29) is 49.9 Å². The molecule has 0 spiro atoms. The average molecular weight is 456 g/mol. The minimum Gasteiger partial charge on any atom is -0.439 e. The van der Waals surface area contributed by atoms with Crippen molar-refractivity contribution in [1.29, 1.82) is 0 Å². The highest BCUT2D eigenvalue weighted by Gasteiger charge is 2.41. The Morgan fingerprint density at radius 1 is 1.22 bits per heavy atom. The van der Waals surface area contributed by atoms with Gasteiger partial charge in [0.2, 0.25) is 17.7 Å². The molecule has 1 amide bonds. The number of carbonyl (C=O) groups excluding carboxylic acids is 1. The standard InChI is InChI=1S/C21H24F4N4O3/c1-19(2,17(26)30)12-20(31)6-8-29(9-7-20)18-27-15(21(23,24)25)11-16(28-18)32-14-5-3-4-13(22)10-14/h3-5,10-11,31H,6-9,12H2,1-2H3,(H2,26,30). The smallest absolute Gasteiger partial charge is 0.433 e. The Bertz CT molecular complexity index is 989. The number of aromatic nitrogens is 2. The fraction of sp³-hybridized carbons (Fsp3) is 0.476. The van der Waals surface area contributed by atoms with Crippen LogP contribution in [0.4, 0.5) is 23.5 Å². The zero-order valence-corrected chi connectivity index (χ0v) is 17.6. The molecule has 174 valence electrons. The first-order valence-electron chi connectivity index (χ1n) is 9.94. The number of alkyl halides is 3. The molecule has 2 heterocycles. The molecular formula is C21H24F4N4O3. The number of hydrogen-bond donors (Lipinski definition) is 2. The summed E-state index contributed by atoms with van der Waals surface area (Å²) in [6, 6.07) is 5.59. The van der Waals surface area contributed by atoms with Crippen molar-refractivity contribution in [3.8, 4) is 11.6 Å². The van der Waals surface area contributed by atoms with E-state index in [1.54, 1.807) is 13.8 Å². The van der Waals surface area contributed by atoms with E-state index in [0.29, 0.717) is 6.07 Å². The van der Waals surface area contributed by atoms with Gasteiger partial charge in [-0.25, -0.2) is 9.37 Å². The average Bonchev–Trinajstić information content (AvgIpc) is 2.67. The summed E-state index contributed by atoms with van der Waals surface area (Å²) in [5, 5.41) is 10.9. The molecule has 1 aliphatic heterocycles. The molecule has 0 atom stereocenters. The van der Waals surface area contributed by atoms with E-state index in [0.717, 1.165) is 6.07 Å². The number of ether oxygens (including phenoxy) is 1. The van der Waals surface area contributed by atoms with Gasteiger partial charge in [0, 0.05) is 30.6 Å². The molecule has 0 bridgehead atoms. The fourth-order valence-electron chi connectivity index (χ4n) is 3.61. The number of primary amides is 1. The van der Waals surface area contributed by atoms with E-state index in [2.05, 4.69) is 9.97 Å². The number of carbonyl (C=O) groups is 1. The quantitative estimate of drug-likeness (QED) is 0.644. The molecule has 11 heteroatoms. The molecule has 1 aromatic heterocycles. The Labute approximate surface area is 182 Å². The highest BCUT2D eigenvalue weighted by molar-refractivity contribution is 5.80. The Balaban J connectivity index is 1.82. The molecule has 32 heavy (non-hydrogen) atoms. The SMILES string of the molecule is CC(C)(CC1(O)CCN(c2nc(Oc3cccc(F)c3)cc(C(F)(F)F)n2)CC1)C(N)=O. The van der Waals surface area contributed by atoms with Crippen LogP contribution >= 0.6 is 0 Å². The number of nitrogens with zero attached hydrogens (tertiary/aromatic N) is 3. The van der Waals surface area contributed by atoms with Crippen molar-refractivity contribution in [2.45, 2.75) is 44.9 Å². The van der Waals surface area contributed by atoms with E-state index in [1.807, 2.05) is 0 Å². The van der Waals surface area contributed by atoms with Gasteiger partial charge in [-0.15, -0.1) is 0 Å². The molecule has 0 aliphatic carbocycles. The van der Waals surface area contributed by atoms with Crippen molar-refractivity contribution < 1.29 is 32.2 Å². The fourth-order valence-corrected chi connectivity index (χ4v) is 3.61. The maximum Gasteiger partial charge on any atom is 0.433 e. The third-order valence-electron chi connectivity index (χ3n) is 5.41. The number of hydrogen-bond acceptors (Lipinski definition) is 6. The highest BCUT2D eigenvalue weighted by atomic mass is 19.4. The van der Waals surface area contributed by atoms with Gasteiger partial charge in [-0.3, -0.25) is 4.79 Å². The molecule has 1 aliphatic rings. The molecule has 0 saturated carbocycles. The number of amides is 1. The van der Waals surface area contributed by atoms with Gasteiger partial charge in [0.15, 0.2) is 5.69 Å². The van der Waals surface area contributed by atoms with Gasteiger partial charge >= 0.3 is 6.18 Å². The van der Waals surface area contributed by atoms with Crippen molar-refractivity contribution in [2.75, 3.05) is 18.0 Å². The molecule has 1 saturated heterocycles. The number of piperidine rings is 1. The summed E-state index contributed by atoms with van der Waals surface area (Å²) in [5.74, 6) is -1.77. The molecule has 3 N–H and O–H groups in total. The first kappa shape index (κ1) is 23.7. The summed E-state index contributed by atoms with van der Waals surface area (Å²) in [5.41, 5.74) is 2.05. The second-order valence-electron chi connectivity index (χ2n) is 8.58. The van der Waals surface area contributed by atoms with Crippen LogP contribution in [0.1, 0.15) is 38.8 Å². The third kappa shape index (κ3) is 5.64. The Morgan fingerprint density at radius 3 is 2.44 bits per heavy atom. The van der Waals surface area contributed by atoms with Gasteiger partial charge in [0.1, 0.15) is 11.6 Å². The van der Waals surface area contributed by atoms with Gasteiger partial charge < -0.3 is 20.5 Å². The van der Waals surface area contributed by atoms with Gasteiger partial charge in [0.25, 0.3) is 0 Å². The highest BCUT2D eigenvalue weighted by Crippen LogP contribution is 2.37. The summed E-state index contributed by atoms with van der Waals surface area (Å²) < 4.78 is 58.9. The van der Waals surface area contributed by atoms with Crippen molar-refractivity contribution in [1.82, 2.24) is 9.97 Å². The van der Waals surface area contributed by atoms with Crippen LogP contribution in [0, 0.1) is 11.2 Å². The zero-order valence-electron chi connectivity index (χ0n) is 17.6. The Kier molecular flexibility index (Phi) is 6.32. The summed E-state index contributed by atoms with van der Waals surface area (Å²) in [7, 11) is 0. The predicted molar refractivity (Wildman–Crippen MR) is 107 cm³/mol. The number of benzene rings is 1. The first-order valence-corrected chi connectivity index (χ1v) is 9.94. The van der Waals surface area contributed by atoms with E-state index in [1.165, 1.54) is 23.1 Å². The van der Waals surface area contributed by atoms with Crippen molar-refractivity contribution >= 4 is 11.9 Å². The number of anilines is 1. The molecule has 0 unspecified atom stereocenters. The van der Waals surface area contributed by atoms with Crippen LogP contribution in [-0.4, -0.2) is 39.7 Å². The monoisotopic (exact) mass is 456 g/mol. The third-order valence-corrected chi connectivity index (χ3v) is 5.41. The molecule has 7 nitrogen and oxygen atoms in total. The second-order valence-corrected chi connectivity index (χ2v) is 8.58. The molecule has 2 aromatic rings. The second kappa shape index (κ2) is 8.53. The van der Waals surface area contributed by atoms with Crippen LogP contribution in [0.5, 0.6) is 11.6 Å². The summed E-state index contributed by atoms with van der Waals surface area (Å²) in [6.07, 6.45) is -4.26. The van der Waals surface area contributed by atoms with E-state index in [9.17, 15) is 27.5 Å². The molecule has 0 radical (unpaired) electrons. The lowest BCUT2D eigenvalue weighted by molar-refractivity contribution is -0.141. The molecule has 1 aromatic carbocycles. The van der Waals surface area contributed by atoms with Crippen LogP contribution in [0.25, 0.3) is 0 Å². The molecule has 1 fully saturated rings. The summed E-state index contributed by atoms with van der Waals surface area (Å²) in [6.45, 7) is 3.58. The topological polar surface area (TPSA) is 102 Å². The van der Waals surface area contributed by atoms with Gasteiger partial charge in [-0.2, -0.15) is 18.2 Å². The van der Waals surface area contributed by atoms with Crippen molar-refractivity contribution in [2.24, 2.45) is 11.1 Å². The number of aliphatic hydroxyl groups is 1. The lowest BCUT2D eigenvalue weighted by Crippen LogP contribution is -2.49. The van der Waals surface area contributed by atoms with Crippen LogP contribution in [0.15, 0.2) is 30.3 Å². The van der Waals surface area contributed by atoms with E-state index < -0.39 is 34.6 Å². The predicted octanol–water partition coefficient (Wildman–Crippen LogP) is 3.66. The lowest BCUT2D eigenvalue weighted by Gasteiger charge is -2.41. The number of halogens is 4. The molecular weight excluding hydrogens is 432 g/mol. The van der Waals surface area contributed by atoms with Crippen LogP contribution < -0.4 is 15.4 Å². The maximum absolute atomic E-state index is 13.4. The van der Waals surface area contributed by atoms with Gasteiger partial charge in [-0.05, 0) is 31.4 Å². The first-order chi connectivity index (χ1) is 14.8. The van der Waals surface area contributed by atoms with Gasteiger partial charge in [0.05, 0.1) is 5.60 Å². The van der Waals surface area contributed by atoms with E-state index in [4.69, 9.17) is 10.5 Å². The van der Waals surface area contributed by atoms with E-state index >= 15 is 0 Å². The zero-order chi connectivity index (χ0) is 23.7. The maximum atomic E-state index is 13.4. The summed E-state index contributed by atoms with van der Waals surface area (Å²) >= 11 is 0. The summed E-state index contributed by atoms with van der Waals surface area (Å²) in [4.78, 5) is 20.8. The molecule has 3 rings (SSSR count). The minimum absolute atomic E-state index is 0.00974. The van der Waals surface area contributed by atoms with Crippen LogP contribution in [-0.2, 0) is 11.0 Å². The van der Waals surface area contributed by atoms with Gasteiger partial charge in [-0.1, -0.05) is 19.9 Å². The number of rotatable bonds is 6. The minimum atomic E-state index is -4.75. The van der Waals surface area contributed by atoms with Crippen molar-refractivity contribution in [3.63, 3.8) is 0 Å². The van der Waals surface area contributed by atoms with Crippen LogP contribution in [0.3, 0.4) is 0 Å². The lowest BCUT2D eigenvalue weighted by atomic mass is 9.75. The van der Waals surface area contributed by atoms with Crippen molar-refractivity contribution in [3.05, 3.63) is 41.8 Å². The Hall–Kier alpha value is -2.95. The Morgan fingerprint density at radius 2 is 1.88 bits per heavy atom. The largest absolute Gasteiger partial charge is 0.439 e.